The van der Waals surface area contributed by atoms with Gasteiger partial charge in [-0.1, -0.05) is 24.3 Å². The average molecular weight is 288 g/mol. The third kappa shape index (κ3) is 2.94. The van der Waals surface area contributed by atoms with Crippen molar-refractivity contribution >= 4 is 11.8 Å². The van der Waals surface area contributed by atoms with E-state index in [2.05, 4.69) is 0 Å². The molecule has 0 bridgehead atoms. The van der Waals surface area contributed by atoms with Crippen molar-refractivity contribution in [3.8, 4) is 0 Å². The van der Waals surface area contributed by atoms with Crippen molar-refractivity contribution in [2.45, 2.75) is 19.8 Å². The molecule has 0 saturated heterocycles. The summed E-state index contributed by atoms with van der Waals surface area (Å²) in [6.07, 6.45) is 3.31. The van der Waals surface area contributed by atoms with Gasteiger partial charge in [-0.2, -0.15) is 0 Å². The first-order valence-electron chi connectivity index (χ1n) is 6.43. The Bertz CT molecular complexity index is 629. The molecule has 0 aromatic heterocycles. The van der Waals surface area contributed by atoms with E-state index in [1.54, 1.807) is 26.0 Å². The highest BCUT2D eigenvalue weighted by Crippen LogP contribution is 2.31. The molecule has 21 heavy (non-hydrogen) atoms. The van der Waals surface area contributed by atoms with Crippen LogP contribution in [0.2, 0.25) is 0 Å². The molecular formula is C15H16N2O4. The lowest BCUT2D eigenvalue weighted by molar-refractivity contribution is -0.384. The number of nitro groups is 1. The molecule has 1 aliphatic rings. The maximum atomic E-state index is 11.7. The van der Waals surface area contributed by atoms with Crippen LogP contribution in [0.15, 0.2) is 47.8 Å². The molecule has 0 aliphatic carbocycles. The molecule has 6 heteroatoms. The van der Waals surface area contributed by atoms with Crippen LogP contribution in [-0.4, -0.2) is 23.0 Å². The Morgan fingerprint density at radius 2 is 1.90 bits per heavy atom. The summed E-state index contributed by atoms with van der Waals surface area (Å²) in [6, 6.07) is 6.50. The zero-order chi connectivity index (χ0) is 15.6. The van der Waals surface area contributed by atoms with Crippen molar-refractivity contribution in [1.82, 2.24) is 4.90 Å². The molecule has 0 radical (unpaired) electrons. The molecule has 1 aromatic carbocycles. The number of benzene rings is 1. The summed E-state index contributed by atoms with van der Waals surface area (Å²) in [5.74, 6) is -0.106. The lowest BCUT2D eigenvalue weighted by atomic mass is 9.94. The molecule has 0 N–H and O–H groups in total. The molecular weight excluding hydrogens is 272 g/mol. The maximum Gasteiger partial charge on any atom is 0.418 e. The predicted octanol–water partition coefficient (Wildman–Crippen LogP) is 3.57. The Kier molecular flexibility index (Phi) is 4.07. The van der Waals surface area contributed by atoms with E-state index in [1.165, 1.54) is 18.1 Å². The number of rotatable bonds is 2. The van der Waals surface area contributed by atoms with Gasteiger partial charge in [0, 0.05) is 29.4 Å². The number of carbonyl (C=O) groups is 1. The van der Waals surface area contributed by atoms with E-state index in [1.807, 2.05) is 18.2 Å². The van der Waals surface area contributed by atoms with E-state index >= 15 is 0 Å². The summed E-state index contributed by atoms with van der Waals surface area (Å²) >= 11 is 0. The van der Waals surface area contributed by atoms with Gasteiger partial charge in [-0.25, -0.2) is 4.79 Å². The minimum absolute atomic E-state index is 0.0556. The molecule has 0 saturated carbocycles. The van der Waals surface area contributed by atoms with Crippen LogP contribution >= 0.6 is 0 Å². The Morgan fingerprint density at radius 1 is 1.29 bits per heavy atom. The van der Waals surface area contributed by atoms with E-state index in [9.17, 15) is 14.9 Å². The van der Waals surface area contributed by atoms with E-state index in [-0.39, 0.29) is 11.6 Å². The number of methoxy groups -OCH3 is 1. The van der Waals surface area contributed by atoms with Gasteiger partial charge in [0.25, 0.3) is 5.69 Å². The molecule has 1 aromatic rings. The van der Waals surface area contributed by atoms with Gasteiger partial charge < -0.3 is 4.74 Å². The van der Waals surface area contributed by atoms with E-state index < -0.39 is 11.0 Å². The quantitative estimate of drug-likeness (QED) is 0.616. The monoisotopic (exact) mass is 288 g/mol. The molecule has 0 fully saturated rings. The van der Waals surface area contributed by atoms with Crippen molar-refractivity contribution in [3.05, 3.63) is 63.5 Å². The van der Waals surface area contributed by atoms with Gasteiger partial charge in [-0.3, -0.25) is 15.0 Å². The van der Waals surface area contributed by atoms with Crippen LogP contribution in [0.3, 0.4) is 0 Å². The summed E-state index contributed by atoms with van der Waals surface area (Å²) in [5.41, 5.74) is 2.34. The highest BCUT2D eigenvalue weighted by atomic mass is 16.6. The minimum Gasteiger partial charge on any atom is -0.452 e. The summed E-state index contributed by atoms with van der Waals surface area (Å²) < 4.78 is 4.74. The number of amides is 1. The fraction of sp³-hybridized carbons (Fsp3) is 0.267. The number of non-ortho nitro benzene ring substituents is 1. The highest BCUT2D eigenvalue weighted by Gasteiger charge is 2.24. The lowest BCUT2D eigenvalue weighted by Gasteiger charge is -2.28. The van der Waals surface area contributed by atoms with Crippen molar-refractivity contribution in [2.75, 3.05) is 7.11 Å². The fourth-order valence-corrected chi connectivity index (χ4v) is 2.41. The van der Waals surface area contributed by atoms with Gasteiger partial charge in [0.2, 0.25) is 0 Å². The van der Waals surface area contributed by atoms with Crippen LogP contribution < -0.4 is 0 Å². The third-order valence-electron chi connectivity index (χ3n) is 3.37. The van der Waals surface area contributed by atoms with Crippen LogP contribution in [0.4, 0.5) is 10.5 Å². The number of nitro benzene ring substituents is 1. The normalized spacial score (nSPS) is 15.3. The summed E-state index contributed by atoms with van der Waals surface area (Å²) in [7, 11) is 1.33. The molecule has 0 spiro atoms. The smallest absolute Gasteiger partial charge is 0.418 e. The highest BCUT2D eigenvalue weighted by molar-refractivity contribution is 5.72. The molecule has 2 rings (SSSR count). The zero-order valence-corrected chi connectivity index (χ0v) is 12.1. The first-order chi connectivity index (χ1) is 9.93. The Hall–Kier alpha value is -2.63. The van der Waals surface area contributed by atoms with Gasteiger partial charge in [0.15, 0.2) is 0 Å². The largest absolute Gasteiger partial charge is 0.452 e. The number of nitrogens with zero attached hydrogens (tertiary/aromatic N) is 2. The van der Waals surface area contributed by atoms with Crippen molar-refractivity contribution < 1.29 is 14.5 Å². The van der Waals surface area contributed by atoms with Crippen molar-refractivity contribution in [3.63, 3.8) is 0 Å². The Labute approximate surface area is 122 Å². The number of hydrogen-bond acceptors (Lipinski definition) is 4. The SMILES string of the molecule is COC(=O)N1C(C)=CC(c2cccc([N+](=O)[O-])c2)C=C1C. The zero-order valence-electron chi connectivity index (χ0n) is 12.1. The predicted molar refractivity (Wildman–Crippen MR) is 77.6 cm³/mol. The number of carbonyl (C=O) groups excluding carboxylic acids is 1. The molecule has 1 amide bonds. The second-order valence-electron chi connectivity index (χ2n) is 4.80. The van der Waals surface area contributed by atoms with Gasteiger partial charge in [0.05, 0.1) is 12.0 Å². The second kappa shape index (κ2) is 5.78. The van der Waals surface area contributed by atoms with Crippen LogP contribution in [0.5, 0.6) is 0 Å². The fourth-order valence-electron chi connectivity index (χ4n) is 2.41. The number of ether oxygens (including phenoxy) is 1. The van der Waals surface area contributed by atoms with E-state index in [0.717, 1.165) is 17.0 Å². The van der Waals surface area contributed by atoms with Crippen LogP contribution in [0, 0.1) is 10.1 Å². The van der Waals surface area contributed by atoms with Crippen LogP contribution in [-0.2, 0) is 4.74 Å². The second-order valence-corrected chi connectivity index (χ2v) is 4.80. The third-order valence-corrected chi connectivity index (χ3v) is 3.37. The molecule has 6 nitrogen and oxygen atoms in total. The van der Waals surface area contributed by atoms with Gasteiger partial charge in [0.1, 0.15) is 0 Å². The number of hydrogen-bond donors (Lipinski definition) is 0. The molecule has 110 valence electrons. The van der Waals surface area contributed by atoms with E-state index in [0.29, 0.717) is 0 Å². The van der Waals surface area contributed by atoms with Gasteiger partial charge >= 0.3 is 6.09 Å². The topological polar surface area (TPSA) is 72.7 Å². The van der Waals surface area contributed by atoms with Gasteiger partial charge in [-0.05, 0) is 19.4 Å². The minimum atomic E-state index is -0.449. The Balaban J connectivity index is 2.36. The summed E-state index contributed by atoms with van der Waals surface area (Å²) in [4.78, 5) is 23.6. The first kappa shape index (κ1) is 14.8. The van der Waals surface area contributed by atoms with Crippen LogP contribution in [0.25, 0.3) is 0 Å². The molecule has 1 heterocycles. The van der Waals surface area contributed by atoms with Crippen LogP contribution in [0.1, 0.15) is 25.3 Å². The lowest BCUT2D eigenvalue weighted by Crippen LogP contribution is -2.30. The van der Waals surface area contributed by atoms with E-state index in [4.69, 9.17) is 4.74 Å². The molecule has 0 atom stereocenters. The maximum absolute atomic E-state index is 11.7. The summed E-state index contributed by atoms with van der Waals surface area (Å²) in [5, 5.41) is 10.9. The average Bonchev–Trinajstić information content (AvgIpc) is 2.46. The standard InChI is InChI=1S/C15H16N2O4/c1-10-7-13(8-11(2)16(10)15(18)21-3)12-5-4-6-14(9-12)17(19)20/h4-9,13H,1-3H3. The molecule has 0 unspecified atom stereocenters. The summed E-state index contributed by atoms with van der Waals surface area (Å²) in [6.45, 7) is 3.61. The number of allylic oxidation sites excluding steroid dienone is 4. The van der Waals surface area contributed by atoms with Crippen molar-refractivity contribution in [1.29, 1.82) is 0 Å². The Morgan fingerprint density at radius 3 is 2.43 bits per heavy atom. The molecule has 1 aliphatic heterocycles. The first-order valence-corrected chi connectivity index (χ1v) is 6.43. The van der Waals surface area contributed by atoms with Crippen molar-refractivity contribution in [2.24, 2.45) is 0 Å². The van der Waals surface area contributed by atoms with Gasteiger partial charge in [-0.15, -0.1) is 0 Å².